The first-order valence-corrected chi connectivity index (χ1v) is 8.86. The molecule has 1 heterocycles. The summed E-state index contributed by atoms with van der Waals surface area (Å²) in [6.45, 7) is 7.74. The van der Waals surface area contributed by atoms with Crippen molar-refractivity contribution in [3.05, 3.63) is 0 Å². The van der Waals surface area contributed by atoms with Gasteiger partial charge in [0.2, 0.25) is 0 Å². The normalized spacial score (nSPS) is 18.8. The van der Waals surface area contributed by atoms with Crippen LogP contribution in [0.1, 0.15) is 26.7 Å². The highest BCUT2D eigenvalue weighted by Crippen LogP contribution is 2.18. The number of hydrogen-bond donors (Lipinski definition) is 2. The van der Waals surface area contributed by atoms with Crippen LogP contribution >= 0.6 is 0 Å². The first-order valence-electron chi connectivity index (χ1n) is 7.42. The van der Waals surface area contributed by atoms with Crippen LogP contribution in [0.3, 0.4) is 0 Å². The fourth-order valence-electron chi connectivity index (χ4n) is 2.30. The largest absolute Gasteiger partial charge is 0.380 e. The molecule has 0 bridgehead atoms. The van der Waals surface area contributed by atoms with Crippen molar-refractivity contribution in [2.75, 3.05) is 46.4 Å². The summed E-state index contributed by atoms with van der Waals surface area (Å²) in [7, 11) is -1.41. The first kappa shape index (κ1) is 17.8. The van der Waals surface area contributed by atoms with Crippen molar-refractivity contribution >= 4 is 10.2 Å². The van der Waals surface area contributed by atoms with Gasteiger partial charge >= 0.3 is 0 Å². The Kier molecular flexibility index (Phi) is 7.98. The van der Waals surface area contributed by atoms with Crippen LogP contribution in [0.2, 0.25) is 0 Å². The lowest BCUT2D eigenvalue weighted by Gasteiger charge is -2.31. The summed E-state index contributed by atoms with van der Waals surface area (Å²) >= 11 is 0. The third-order valence-corrected chi connectivity index (χ3v) is 5.00. The van der Waals surface area contributed by atoms with Gasteiger partial charge in [-0.05, 0) is 38.3 Å². The molecule has 6 nitrogen and oxygen atoms in total. The number of ether oxygens (including phenoxy) is 1. The second-order valence-electron chi connectivity index (χ2n) is 5.77. The maximum absolute atomic E-state index is 12.1. The zero-order chi connectivity index (χ0) is 15.0. The SMILES string of the molecule is CNCC1CCN(S(=O)(=O)NCCOCC(C)C)CC1. The molecule has 0 unspecified atom stereocenters. The summed E-state index contributed by atoms with van der Waals surface area (Å²) in [6.07, 6.45) is 1.84. The molecular weight excluding hydrogens is 278 g/mol. The van der Waals surface area contributed by atoms with E-state index in [1.54, 1.807) is 4.31 Å². The van der Waals surface area contributed by atoms with E-state index in [4.69, 9.17) is 4.74 Å². The fraction of sp³-hybridized carbons (Fsp3) is 1.00. The smallest absolute Gasteiger partial charge is 0.279 e. The molecule has 0 amide bonds. The molecule has 1 saturated heterocycles. The molecular formula is C13H29N3O3S. The van der Waals surface area contributed by atoms with Gasteiger partial charge in [0.05, 0.1) is 6.61 Å². The Bertz CT molecular complexity index is 352. The predicted molar refractivity (Wildman–Crippen MR) is 80.8 cm³/mol. The molecule has 0 spiro atoms. The predicted octanol–water partition coefficient (Wildman–Crippen LogP) is 0.425. The highest BCUT2D eigenvalue weighted by molar-refractivity contribution is 7.87. The quantitative estimate of drug-likeness (QED) is 0.606. The molecule has 0 atom stereocenters. The van der Waals surface area contributed by atoms with Crippen LogP contribution in [-0.4, -0.2) is 59.2 Å². The maximum atomic E-state index is 12.1. The second kappa shape index (κ2) is 8.94. The van der Waals surface area contributed by atoms with E-state index < -0.39 is 10.2 Å². The second-order valence-corrected chi connectivity index (χ2v) is 7.52. The summed E-state index contributed by atoms with van der Waals surface area (Å²) < 4.78 is 33.7. The lowest BCUT2D eigenvalue weighted by molar-refractivity contribution is 0.114. The molecule has 0 saturated carbocycles. The fourth-order valence-corrected chi connectivity index (χ4v) is 3.51. The topological polar surface area (TPSA) is 70.7 Å². The van der Waals surface area contributed by atoms with E-state index in [0.29, 0.717) is 44.7 Å². The van der Waals surface area contributed by atoms with Crippen LogP contribution < -0.4 is 10.0 Å². The lowest BCUT2D eigenvalue weighted by atomic mass is 9.98. The molecule has 1 aliphatic heterocycles. The van der Waals surface area contributed by atoms with Crippen molar-refractivity contribution in [3.63, 3.8) is 0 Å². The number of nitrogens with zero attached hydrogens (tertiary/aromatic N) is 1. The molecule has 7 heteroatoms. The Morgan fingerprint density at radius 3 is 2.50 bits per heavy atom. The van der Waals surface area contributed by atoms with Crippen molar-refractivity contribution in [3.8, 4) is 0 Å². The van der Waals surface area contributed by atoms with E-state index >= 15 is 0 Å². The average Bonchev–Trinajstić information content (AvgIpc) is 2.39. The number of rotatable bonds is 9. The minimum atomic E-state index is -3.34. The van der Waals surface area contributed by atoms with Crippen LogP contribution in [0, 0.1) is 11.8 Å². The molecule has 1 rings (SSSR count). The monoisotopic (exact) mass is 307 g/mol. The molecule has 20 heavy (non-hydrogen) atoms. The third kappa shape index (κ3) is 6.49. The number of hydrogen-bond acceptors (Lipinski definition) is 4. The summed E-state index contributed by atoms with van der Waals surface area (Å²) in [5, 5.41) is 3.15. The standard InChI is InChI=1S/C13H29N3O3S/c1-12(2)11-19-9-6-15-20(17,18)16-7-4-13(5-8-16)10-14-3/h12-15H,4-11H2,1-3H3. The van der Waals surface area contributed by atoms with Gasteiger partial charge in [0.25, 0.3) is 10.2 Å². The minimum absolute atomic E-state index is 0.339. The van der Waals surface area contributed by atoms with E-state index in [1.807, 2.05) is 7.05 Å². The van der Waals surface area contributed by atoms with Gasteiger partial charge in [0, 0.05) is 26.2 Å². The molecule has 0 aromatic carbocycles. The van der Waals surface area contributed by atoms with Crippen LogP contribution in [-0.2, 0) is 14.9 Å². The summed E-state index contributed by atoms with van der Waals surface area (Å²) in [5.74, 6) is 1.05. The first-order chi connectivity index (χ1) is 9.45. The Labute approximate surface area is 123 Å². The molecule has 1 aliphatic rings. The van der Waals surface area contributed by atoms with Gasteiger partial charge in [0.1, 0.15) is 0 Å². The minimum Gasteiger partial charge on any atom is -0.380 e. The van der Waals surface area contributed by atoms with Crippen LogP contribution in [0.4, 0.5) is 0 Å². The molecule has 0 aromatic heterocycles. The van der Waals surface area contributed by atoms with Crippen molar-refractivity contribution < 1.29 is 13.2 Å². The van der Waals surface area contributed by atoms with Gasteiger partial charge < -0.3 is 10.1 Å². The summed E-state index contributed by atoms with van der Waals surface area (Å²) in [4.78, 5) is 0. The Balaban J connectivity index is 2.24. The molecule has 0 radical (unpaired) electrons. The zero-order valence-corrected chi connectivity index (χ0v) is 13.7. The van der Waals surface area contributed by atoms with Crippen molar-refractivity contribution in [2.24, 2.45) is 11.8 Å². The molecule has 1 fully saturated rings. The molecule has 120 valence electrons. The highest BCUT2D eigenvalue weighted by Gasteiger charge is 2.27. The van der Waals surface area contributed by atoms with E-state index in [2.05, 4.69) is 23.9 Å². The van der Waals surface area contributed by atoms with Crippen LogP contribution in [0.25, 0.3) is 0 Å². The summed E-state index contributed by atoms with van der Waals surface area (Å²) in [6, 6.07) is 0. The van der Waals surface area contributed by atoms with Crippen LogP contribution in [0.15, 0.2) is 0 Å². The molecule has 0 aromatic rings. The van der Waals surface area contributed by atoms with E-state index in [9.17, 15) is 8.42 Å². The Hall–Kier alpha value is -0.210. The number of nitrogens with one attached hydrogen (secondary N) is 2. The number of piperidine rings is 1. The molecule has 2 N–H and O–H groups in total. The zero-order valence-electron chi connectivity index (χ0n) is 12.9. The average molecular weight is 307 g/mol. The van der Waals surface area contributed by atoms with Gasteiger partial charge in [-0.25, -0.2) is 0 Å². The maximum Gasteiger partial charge on any atom is 0.279 e. The Morgan fingerprint density at radius 2 is 1.95 bits per heavy atom. The van der Waals surface area contributed by atoms with Gasteiger partial charge in [-0.1, -0.05) is 13.8 Å². The highest BCUT2D eigenvalue weighted by atomic mass is 32.2. The van der Waals surface area contributed by atoms with Crippen molar-refractivity contribution in [1.82, 2.24) is 14.3 Å². The van der Waals surface area contributed by atoms with Crippen molar-refractivity contribution in [1.29, 1.82) is 0 Å². The van der Waals surface area contributed by atoms with Gasteiger partial charge in [-0.15, -0.1) is 0 Å². The van der Waals surface area contributed by atoms with Crippen LogP contribution in [0.5, 0.6) is 0 Å². The van der Waals surface area contributed by atoms with Gasteiger partial charge in [-0.2, -0.15) is 17.4 Å². The van der Waals surface area contributed by atoms with E-state index in [1.165, 1.54) is 0 Å². The van der Waals surface area contributed by atoms with Crippen molar-refractivity contribution in [2.45, 2.75) is 26.7 Å². The lowest BCUT2D eigenvalue weighted by Crippen LogP contribution is -2.46. The molecule has 0 aliphatic carbocycles. The van der Waals surface area contributed by atoms with E-state index in [0.717, 1.165) is 19.4 Å². The third-order valence-electron chi connectivity index (χ3n) is 3.39. The summed E-state index contributed by atoms with van der Waals surface area (Å²) in [5.41, 5.74) is 0. The van der Waals surface area contributed by atoms with Gasteiger partial charge in [0.15, 0.2) is 0 Å². The van der Waals surface area contributed by atoms with E-state index in [-0.39, 0.29) is 0 Å². The Morgan fingerprint density at radius 1 is 1.30 bits per heavy atom. The van der Waals surface area contributed by atoms with Gasteiger partial charge in [-0.3, -0.25) is 0 Å².